The van der Waals surface area contributed by atoms with Crippen LogP contribution in [0.3, 0.4) is 0 Å². The van der Waals surface area contributed by atoms with Gasteiger partial charge in [-0.15, -0.1) is 0 Å². The SMILES string of the molecule is CC(N1CC=CCC1)(P(=O)(O)O)P(=O)(O)O. The van der Waals surface area contributed by atoms with Crippen molar-refractivity contribution in [3.63, 3.8) is 0 Å². The Morgan fingerprint density at radius 3 is 1.94 bits per heavy atom. The van der Waals surface area contributed by atoms with E-state index in [9.17, 15) is 28.7 Å². The second-order valence-electron chi connectivity index (χ2n) is 3.76. The van der Waals surface area contributed by atoms with Gasteiger partial charge in [-0.2, -0.15) is 0 Å². The van der Waals surface area contributed by atoms with E-state index in [-0.39, 0.29) is 13.1 Å². The fourth-order valence-corrected chi connectivity index (χ4v) is 4.02. The van der Waals surface area contributed by atoms with Gasteiger partial charge in [0, 0.05) is 13.1 Å². The lowest BCUT2D eigenvalue weighted by Crippen LogP contribution is -2.47. The molecule has 0 bridgehead atoms. The maximum absolute atomic E-state index is 11.3. The zero-order valence-corrected chi connectivity index (χ0v) is 10.5. The van der Waals surface area contributed by atoms with Gasteiger partial charge in [-0.25, -0.2) is 0 Å². The zero-order chi connectivity index (χ0) is 12.6. The molecule has 4 N–H and O–H groups in total. The Morgan fingerprint density at radius 1 is 1.12 bits per heavy atom. The number of nitrogens with zero attached hydrogens (tertiary/aromatic N) is 1. The molecular formula is C7H15NO6P2. The standard InChI is InChI=1S/C7H15NO6P2/c1-7(15(9,10)11,16(12,13)14)8-5-3-2-4-6-8/h2-3H,4-6H2,1H3,(H2,9,10,11)(H2,12,13,14). The van der Waals surface area contributed by atoms with Crippen LogP contribution >= 0.6 is 15.2 Å². The normalized spacial score (nSPS) is 20.1. The highest BCUT2D eigenvalue weighted by Gasteiger charge is 2.60. The van der Waals surface area contributed by atoms with Gasteiger partial charge in [0.2, 0.25) is 5.02 Å². The van der Waals surface area contributed by atoms with Crippen LogP contribution in [-0.4, -0.2) is 42.6 Å². The van der Waals surface area contributed by atoms with E-state index in [1.807, 2.05) is 0 Å². The maximum atomic E-state index is 11.3. The molecule has 7 nitrogen and oxygen atoms in total. The van der Waals surface area contributed by atoms with Crippen molar-refractivity contribution in [2.45, 2.75) is 18.4 Å². The Labute approximate surface area is 93.1 Å². The van der Waals surface area contributed by atoms with E-state index in [1.165, 1.54) is 0 Å². The van der Waals surface area contributed by atoms with Gasteiger partial charge < -0.3 is 19.6 Å². The lowest BCUT2D eigenvalue weighted by atomic mass is 10.2. The number of rotatable bonds is 3. The van der Waals surface area contributed by atoms with Crippen LogP contribution < -0.4 is 0 Å². The minimum Gasteiger partial charge on any atom is -0.323 e. The van der Waals surface area contributed by atoms with Crippen LogP contribution in [0.5, 0.6) is 0 Å². The first-order valence-corrected chi connectivity index (χ1v) is 7.84. The molecular weight excluding hydrogens is 256 g/mol. The summed E-state index contributed by atoms with van der Waals surface area (Å²) in [7, 11) is -9.90. The summed E-state index contributed by atoms with van der Waals surface area (Å²) in [5.41, 5.74) is 0. The predicted octanol–water partition coefficient (Wildman–Crippen LogP) is 0.277. The third-order valence-corrected chi connectivity index (χ3v) is 7.10. The molecule has 0 spiro atoms. The van der Waals surface area contributed by atoms with Gasteiger partial charge in [-0.05, 0) is 13.3 Å². The summed E-state index contributed by atoms with van der Waals surface area (Å²) in [5.74, 6) is 0. The van der Waals surface area contributed by atoms with Crippen LogP contribution in [0.15, 0.2) is 12.2 Å². The smallest absolute Gasteiger partial charge is 0.323 e. The van der Waals surface area contributed by atoms with Crippen molar-refractivity contribution in [3.05, 3.63) is 12.2 Å². The average molecular weight is 271 g/mol. The van der Waals surface area contributed by atoms with E-state index in [1.54, 1.807) is 12.2 Å². The summed E-state index contributed by atoms with van der Waals surface area (Å²) in [4.78, 5) is 37.8. The molecule has 1 heterocycles. The van der Waals surface area contributed by atoms with Gasteiger partial charge in [0.25, 0.3) is 0 Å². The average Bonchev–Trinajstić information content (AvgIpc) is 2.14. The van der Waals surface area contributed by atoms with Crippen molar-refractivity contribution in [2.75, 3.05) is 13.1 Å². The van der Waals surface area contributed by atoms with Crippen molar-refractivity contribution >= 4 is 15.2 Å². The second-order valence-corrected chi connectivity index (χ2v) is 8.04. The van der Waals surface area contributed by atoms with Crippen LogP contribution in [0, 0.1) is 0 Å². The van der Waals surface area contributed by atoms with E-state index in [2.05, 4.69) is 0 Å². The molecule has 16 heavy (non-hydrogen) atoms. The highest BCUT2D eigenvalue weighted by Crippen LogP contribution is 2.70. The zero-order valence-electron chi connectivity index (χ0n) is 8.72. The van der Waals surface area contributed by atoms with Gasteiger partial charge >= 0.3 is 15.2 Å². The molecule has 0 fully saturated rings. The largest absolute Gasteiger partial charge is 0.357 e. The first-order chi connectivity index (χ1) is 7.11. The van der Waals surface area contributed by atoms with Gasteiger partial charge in [-0.1, -0.05) is 12.2 Å². The first-order valence-electron chi connectivity index (χ1n) is 4.62. The molecule has 0 amide bonds. The molecule has 0 saturated heterocycles. The monoisotopic (exact) mass is 271 g/mol. The third-order valence-electron chi connectivity index (χ3n) is 2.76. The van der Waals surface area contributed by atoms with Gasteiger partial charge in [-0.3, -0.25) is 14.0 Å². The van der Waals surface area contributed by atoms with Gasteiger partial charge in [0.1, 0.15) is 0 Å². The lowest BCUT2D eigenvalue weighted by molar-refractivity contribution is 0.178. The summed E-state index contributed by atoms with van der Waals surface area (Å²) in [6.07, 6.45) is 3.94. The summed E-state index contributed by atoms with van der Waals surface area (Å²) in [6.45, 7) is 1.24. The van der Waals surface area contributed by atoms with E-state index in [4.69, 9.17) is 0 Å². The maximum Gasteiger partial charge on any atom is 0.357 e. The molecule has 9 heteroatoms. The molecule has 0 aromatic rings. The predicted molar refractivity (Wildman–Crippen MR) is 57.8 cm³/mol. The summed E-state index contributed by atoms with van der Waals surface area (Å²) in [5, 5.41) is -2.44. The summed E-state index contributed by atoms with van der Waals surface area (Å²) in [6, 6.07) is 0. The minimum atomic E-state index is -4.95. The number of hydrogen-bond acceptors (Lipinski definition) is 3. The van der Waals surface area contributed by atoms with Crippen molar-refractivity contribution in [3.8, 4) is 0 Å². The van der Waals surface area contributed by atoms with Crippen molar-refractivity contribution in [2.24, 2.45) is 0 Å². The van der Waals surface area contributed by atoms with Crippen LogP contribution in [0.25, 0.3) is 0 Å². The first kappa shape index (κ1) is 14.1. The highest BCUT2D eigenvalue weighted by molar-refractivity contribution is 7.72. The number of hydrogen-bond donors (Lipinski definition) is 4. The van der Waals surface area contributed by atoms with Crippen LogP contribution in [0.1, 0.15) is 13.3 Å². The summed E-state index contributed by atoms with van der Waals surface area (Å²) >= 11 is 0. The molecule has 0 aliphatic carbocycles. The lowest BCUT2D eigenvalue weighted by Gasteiger charge is -2.41. The molecule has 0 aromatic carbocycles. The van der Waals surface area contributed by atoms with Crippen LogP contribution in [0.4, 0.5) is 0 Å². The molecule has 0 saturated carbocycles. The van der Waals surface area contributed by atoms with Crippen LogP contribution in [0.2, 0.25) is 0 Å². The molecule has 1 rings (SSSR count). The Bertz CT molecular complexity index is 360. The van der Waals surface area contributed by atoms with E-state index < -0.39 is 20.2 Å². The topological polar surface area (TPSA) is 118 Å². The van der Waals surface area contributed by atoms with Crippen molar-refractivity contribution in [1.82, 2.24) is 4.90 Å². The van der Waals surface area contributed by atoms with Gasteiger partial charge in [0.15, 0.2) is 0 Å². The Kier molecular flexibility index (Phi) is 3.82. The third kappa shape index (κ3) is 2.31. The minimum absolute atomic E-state index is 0.118. The highest BCUT2D eigenvalue weighted by atomic mass is 31.2. The Morgan fingerprint density at radius 2 is 1.62 bits per heavy atom. The van der Waals surface area contributed by atoms with Crippen LogP contribution in [-0.2, 0) is 9.13 Å². The van der Waals surface area contributed by atoms with E-state index >= 15 is 0 Å². The molecule has 1 aliphatic rings. The molecule has 0 unspecified atom stereocenters. The fraction of sp³-hybridized carbons (Fsp3) is 0.714. The quantitative estimate of drug-likeness (QED) is 0.430. The van der Waals surface area contributed by atoms with Crippen molar-refractivity contribution < 1.29 is 28.7 Å². The Balaban J connectivity index is 3.21. The van der Waals surface area contributed by atoms with Gasteiger partial charge in [0.05, 0.1) is 0 Å². The summed E-state index contributed by atoms with van der Waals surface area (Å²) < 4.78 is 22.7. The van der Waals surface area contributed by atoms with E-state index in [0.717, 1.165) is 11.8 Å². The second kappa shape index (κ2) is 4.35. The van der Waals surface area contributed by atoms with Crippen molar-refractivity contribution in [1.29, 1.82) is 0 Å². The van der Waals surface area contributed by atoms with E-state index in [0.29, 0.717) is 6.42 Å². The molecule has 0 aromatic heterocycles. The molecule has 94 valence electrons. The molecule has 1 aliphatic heterocycles. The Hall–Kier alpha value is -0.0000000000000000971. The fourth-order valence-electron chi connectivity index (χ4n) is 1.56. The molecule has 0 atom stereocenters. The molecule has 0 radical (unpaired) electrons.